The molecule has 2 aliphatic rings. The third kappa shape index (κ3) is 4.11. The molecule has 0 fully saturated rings. The molecule has 3 heterocycles. The predicted molar refractivity (Wildman–Crippen MR) is 133 cm³/mol. The lowest BCUT2D eigenvalue weighted by Crippen LogP contribution is -2.49. The van der Waals surface area contributed by atoms with E-state index in [2.05, 4.69) is 10.3 Å². The van der Waals surface area contributed by atoms with Crippen LogP contribution in [0.2, 0.25) is 0 Å². The van der Waals surface area contributed by atoms with E-state index in [1.807, 2.05) is 68.1 Å². The lowest BCUT2D eigenvalue weighted by atomic mass is 9.75. The molecule has 0 saturated carbocycles. The van der Waals surface area contributed by atoms with Crippen LogP contribution >= 0.6 is 0 Å². The number of hydrogen-bond donors (Lipinski definition) is 1. The van der Waals surface area contributed by atoms with Crippen molar-refractivity contribution in [1.82, 2.24) is 9.88 Å². The largest absolute Gasteiger partial charge is 0.490 e. The SMILES string of the molecule is CCOc1cc2c(cc1OCC)C1C(C(=O)Nc3cccc(C)n3)c3ccccc3C(=O)N1CC2. The molecule has 3 aromatic rings. The van der Waals surface area contributed by atoms with Gasteiger partial charge in [-0.05, 0) is 74.2 Å². The van der Waals surface area contributed by atoms with E-state index < -0.39 is 12.0 Å². The second kappa shape index (κ2) is 9.41. The summed E-state index contributed by atoms with van der Waals surface area (Å²) in [5, 5.41) is 3.00. The van der Waals surface area contributed by atoms with Gasteiger partial charge < -0.3 is 19.7 Å². The van der Waals surface area contributed by atoms with Gasteiger partial charge in [-0.2, -0.15) is 0 Å². The molecule has 2 amide bonds. The molecule has 2 aliphatic heterocycles. The van der Waals surface area contributed by atoms with Crippen LogP contribution in [0, 0.1) is 6.92 Å². The molecule has 0 aliphatic carbocycles. The summed E-state index contributed by atoms with van der Waals surface area (Å²) in [6, 6.07) is 16.4. The van der Waals surface area contributed by atoms with Gasteiger partial charge in [0.15, 0.2) is 11.5 Å². The summed E-state index contributed by atoms with van der Waals surface area (Å²) in [6.45, 7) is 7.28. The number of aromatic nitrogens is 1. The predicted octanol–water partition coefficient (Wildman–Crippen LogP) is 4.66. The van der Waals surface area contributed by atoms with Gasteiger partial charge in [0.2, 0.25) is 5.91 Å². The maximum absolute atomic E-state index is 13.8. The first-order valence-electron chi connectivity index (χ1n) is 12.1. The van der Waals surface area contributed by atoms with Crippen LogP contribution in [0.4, 0.5) is 5.82 Å². The normalized spacial score (nSPS) is 18.3. The van der Waals surface area contributed by atoms with E-state index in [-0.39, 0.29) is 11.8 Å². The fraction of sp³-hybridized carbons (Fsp3) is 0.321. The van der Waals surface area contributed by atoms with Crippen molar-refractivity contribution >= 4 is 17.6 Å². The number of ether oxygens (including phenoxy) is 2. The van der Waals surface area contributed by atoms with Crippen molar-refractivity contribution in [1.29, 1.82) is 0 Å². The fourth-order valence-electron chi connectivity index (χ4n) is 5.17. The number of benzene rings is 2. The number of rotatable bonds is 6. The van der Waals surface area contributed by atoms with Crippen molar-refractivity contribution in [2.24, 2.45) is 0 Å². The van der Waals surface area contributed by atoms with E-state index in [1.165, 1.54) is 0 Å². The van der Waals surface area contributed by atoms with Crippen LogP contribution in [0.5, 0.6) is 11.5 Å². The first-order chi connectivity index (χ1) is 17.0. The molecule has 0 spiro atoms. The molecular formula is C28H29N3O4. The van der Waals surface area contributed by atoms with Crippen LogP contribution in [0.1, 0.15) is 58.5 Å². The van der Waals surface area contributed by atoms with E-state index in [9.17, 15) is 9.59 Å². The summed E-state index contributed by atoms with van der Waals surface area (Å²) in [6.07, 6.45) is 0.681. The van der Waals surface area contributed by atoms with Crippen molar-refractivity contribution in [3.8, 4) is 11.5 Å². The Morgan fingerprint density at radius 3 is 2.51 bits per heavy atom. The van der Waals surface area contributed by atoms with Gasteiger partial charge in [-0.3, -0.25) is 9.59 Å². The van der Waals surface area contributed by atoms with Crippen LogP contribution < -0.4 is 14.8 Å². The first-order valence-corrected chi connectivity index (χ1v) is 12.1. The van der Waals surface area contributed by atoms with Gasteiger partial charge in [-0.15, -0.1) is 0 Å². The van der Waals surface area contributed by atoms with Gasteiger partial charge in [0, 0.05) is 17.8 Å². The average Bonchev–Trinajstić information content (AvgIpc) is 2.85. The van der Waals surface area contributed by atoms with Gasteiger partial charge in [0.25, 0.3) is 5.91 Å². The smallest absolute Gasteiger partial charge is 0.254 e. The number of fused-ring (bicyclic) bond motifs is 4. The minimum atomic E-state index is -0.599. The topological polar surface area (TPSA) is 80.8 Å². The molecule has 2 unspecified atom stereocenters. The van der Waals surface area contributed by atoms with E-state index >= 15 is 0 Å². The molecule has 35 heavy (non-hydrogen) atoms. The summed E-state index contributed by atoms with van der Waals surface area (Å²) in [5.41, 5.74) is 4.10. The highest BCUT2D eigenvalue weighted by atomic mass is 16.5. The highest BCUT2D eigenvalue weighted by molar-refractivity contribution is 6.04. The summed E-state index contributed by atoms with van der Waals surface area (Å²) >= 11 is 0. The van der Waals surface area contributed by atoms with E-state index in [1.54, 1.807) is 12.1 Å². The molecular weight excluding hydrogens is 442 g/mol. The molecule has 0 saturated heterocycles. The maximum Gasteiger partial charge on any atom is 0.254 e. The molecule has 1 aromatic heterocycles. The number of carbonyl (C=O) groups excluding carboxylic acids is 2. The van der Waals surface area contributed by atoms with Crippen LogP contribution in [-0.2, 0) is 11.2 Å². The molecule has 2 aromatic carbocycles. The van der Waals surface area contributed by atoms with Gasteiger partial charge >= 0.3 is 0 Å². The average molecular weight is 472 g/mol. The Morgan fingerprint density at radius 1 is 1.03 bits per heavy atom. The third-order valence-corrected chi connectivity index (χ3v) is 6.61. The lowest BCUT2D eigenvalue weighted by molar-refractivity contribution is -0.119. The van der Waals surface area contributed by atoms with Crippen LogP contribution in [0.15, 0.2) is 54.6 Å². The quantitative estimate of drug-likeness (QED) is 0.565. The zero-order valence-corrected chi connectivity index (χ0v) is 20.2. The summed E-state index contributed by atoms with van der Waals surface area (Å²) in [4.78, 5) is 33.7. The molecule has 1 N–H and O–H groups in total. The number of pyridine rings is 1. The maximum atomic E-state index is 13.8. The van der Waals surface area contributed by atoms with Gasteiger partial charge in [-0.1, -0.05) is 24.3 Å². The highest BCUT2D eigenvalue weighted by Crippen LogP contribution is 2.48. The number of anilines is 1. The number of hydrogen-bond acceptors (Lipinski definition) is 5. The van der Waals surface area contributed by atoms with Crippen LogP contribution in [0.3, 0.4) is 0 Å². The van der Waals surface area contributed by atoms with E-state index in [0.29, 0.717) is 49.1 Å². The van der Waals surface area contributed by atoms with Crippen molar-refractivity contribution in [3.63, 3.8) is 0 Å². The number of nitrogens with zero attached hydrogens (tertiary/aromatic N) is 2. The third-order valence-electron chi connectivity index (χ3n) is 6.61. The number of aryl methyl sites for hydroxylation is 1. The number of carbonyl (C=O) groups is 2. The zero-order valence-electron chi connectivity index (χ0n) is 20.2. The van der Waals surface area contributed by atoms with Crippen molar-refractivity contribution in [3.05, 3.63) is 82.5 Å². The Bertz CT molecular complexity index is 1290. The van der Waals surface area contributed by atoms with Gasteiger partial charge in [0.05, 0.1) is 25.2 Å². The molecule has 5 rings (SSSR count). The second-order valence-corrected chi connectivity index (χ2v) is 8.78. The van der Waals surface area contributed by atoms with Crippen molar-refractivity contribution < 1.29 is 19.1 Å². The minimum Gasteiger partial charge on any atom is -0.490 e. The molecule has 2 atom stereocenters. The van der Waals surface area contributed by atoms with Crippen LogP contribution in [-0.4, -0.2) is 41.5 Å². The minimum absolute atomic E-state index is 0.0548. The Morgan fingerprint density at radius 2 is 1.77 bits per heavy atom. The summed E-state index contributed by atoms with van der Waals surface area (Å²) in [7, 11) is 0. The Hall–Kier alpha value is -3.87. The molecule has 0 bridgehead atoms. The molecule has 0 radical (unpaired) electrons. The molecule has 180 valence electrons. The summed E-state index contributed by atoms with van der Waals surface area (Å²) in [5.74, 6) is 0.958. The Balaban J connectivity index is 1.64. The lowest BCUT2D eigenvalue weighted by Gasteiger charge is -2.45. The van der Waals surface area contributed by atoms with Crippen molar-refractivity contribution in [2.45, 2.75) is 39.2 Å². The fourth-order valence-corrected chi connectivity index (χ4v) is 5.17. The Kier molecular flexibility index (Phi) is 6.16. The zero-order chi connectivity index (χ0) is 24.5. The number of nitrogens with one attached hydrogen (secondary N) is 1. The summed E-state index contributed by atoms with van der Waals surface area (Å²) < 4.78 is 11.7. The van der Waals surface area contributed by atoms with Gasteiger partial charge in [-0.25, -0.2) is 4.98 Å². The van der Waals surface area contributed by atoms with E-state index in [0.717, 1.165) is 22.4 Å². The standard InChI is InChI=1S/C28H29N3O4/c1-4-34-22-15-18-13-14-31-26(21(18)16-23(22)35-5-2)25(19-10-6-7-11-20(19)28(31)33)27(32)30-24-12-8-9-17(3)29-24/h6-12,15-16,25-26H,4-5,13-14H2,1-3H3,(H,29,30,32). The Labute approximate surface area is 205 Å². The molecule has 7 nitrogen and oxygen atoms in total. The van der Waals surface area contributed by atoms with Crippen LogP contribution in [0.25, 0.3) is 0 Å². The van der Waals surface area contributed by atoms with E-state index in [4.69, 9.17) is 9.47 Å². The number of amides is 2. The second-order valence-electron chi connectivity index (χ2n) is 8.78. The van der Waals surface area contributed by atoms with Crippen molar-refractivity contribution in [2.75, 3.05) is 25.1 Å². The van der Waals surface area contributed by atoms with Gasteiger partial charge in [0.1, 0.15) is 5.82 Å². The first kappa shape index (κ1) is 22.9. The monoisotopic (exact) mass is 471 g/mol. The molecule has 7 heteroatoms. The highest BCUT2D eigenvalue weighted by Gasteiger charge is 2.46.